The maximum atomic E-state index is 6.37. The van der Waals surface area contributed by atoms with Gasteiger partial charge in [0.05, 0.1) is 0 Å². The Morgan fingerprint density at radius 3 is 0.912 bits per heavy atom. The molecular weight excluding hydrogens is 433 g/mol. The highest BCUT2D eigenvalue weighted by molar-refractivity contribution is 7.79. The molecule has 3 aromatic carbocycles. The molecule has 0 radical (unpaired) electrons. The molecule has 34 heavy (non-hydrogen) atoms. The highest BCUT2D eigenvalue weighted by atomic mass is 31.1. The molecular formula is C30H42N3P. The maximum Gasteiger partial charge on any atom is 0.0294 e. The van der Waals surface area contributed by atoms with E-state index in [2.05, 4.69) is 93.6 Å². The van der Waals surface area contributed by atoms with Gasteiger partial charge >= 0.3 is 0 Å². The average Bonchev–Trinajstić information content (AvgIpc) is 2.86. The lowest BCUT2D eigenvalue weighted by Crippen LogP contribution is -2.22. The molecule has 0 saturated carbocycles. The molecule has 0 saturated heterocycles. The van der Waals surface area contributed by atoms with E-state index in [1.807, 2.05) is 0 Å². The monoisotopic (exact) mass is 475 g/mol. The molecule has 182 valence electrons. The van der Waals surface area contributed by atoms with E-state index in [4.69, 9.17) is 17.2 Å². The smallest absolute Gasteiger partial charge is 0.0294 e. The number of hydrogen-bond acceptors (Lipinski definition) is 3. The molecule has 3 atom stereocenters. The molecule has 0 amide bonds. The lowest BCUT2D eigenvalue weighted by molar-refractivity contribution is 0.638. The third-order valence-electron chi connectivity index (χ3n) is 6.54. The minimum Gasteiger partial charge on any atom is -0.324 e. The van der Waals surface area contributed by atoms with Gasteiger partial charge in [0, 0.05) is 18.1 Å². The molecule has 0 bridgehead atoms. The van der Waals surface area contributed by atoms with Crippen LogP contribution in [0.1, 0.15) is 94.1 Å². The van der Waals surface area contributed by atoms with E-state index < -0.39 is 7.92 Å². The zero-order valence-electron chi connectivity index (χ0n) is 21.1. The number of benzene rings is 3. The Bertz CT molecular complexity index is 851. The molecule has 0 heterocycles. The standard InChI is InChI=1S/C30H42N3P/c1-4-7-28(31)22-10-16-25(17-11-22)34(26-18-12-23(13-19-26)29(32)8-5-2)27-20-14-24(15-21-27)30(33)9-6-3/h10-21,28-30H,4-9,31-33H2,1-3H3. The molecule has 6 N–H and O–H groups in total. The van der Waals surface area contributed by atoms with Crippen LogP contribution in [0.2, 0.25) is 0 Å². The summed E-state index contributed by atoms with van der Waals surface area (Å²) in [6, 6.07) is 27.2. The fourth-order valence-corrected chi connectivity index (χ4v) is 6.73. The van der Waals surface area contributed by atoms with Gasteiger partial charge in [-0.15, -0.1) is 0 Å². The summed E-state index contributed by atoms with van der Waals surface area (Å²) in [6.07, 6.45) is 6.30. The minimum absolute atomic E-state index is 0.101. The van der Waals surface area contributed by atoms with Gasteiger partial charge in [-0.05, 0) is 59.8 Å². The van der Waals surface area contributed by atoms with Gasteiger partial charge in [-0.2, -0.15) is 0 Å². The molecule has 3 rings (SSSR count). The Morgan fingerprint density at radius 2 is 0.706 bits per heavy atom. The summed E-state index contributed by atoms with van der Waals surface area (Å²) < 4.78 is 0. The van der Waals surface area contributed by atoms with Crippen molar-refractivity contribution in [2.24, 2.45) is 17.2 Å². The van der Waals surface area contributed by atoms with Crippen LogP contribution in [-0.4, -0.2) is 0 Å². The van der Waals surface area contributed by atoms with Crippen molar-refractivity contribution in [1.29, 1.82) is 0 Å². The van der Waals surface area contributed by atoms with Crippen molar-refractivity contribution < 1.29 is 0 Å². The Labute approximate surface area is 207 Å². The van der Waals surface area contributed by atoms with Crippen LogP contribution >= 0.6 is 7.92 Å². The molecule has 0 aliphatic carbocycles. The molecule has 4 heteroatoms. The fourth-order valence-electron chi connectivity index (χ4n) is 4.49. The Hall–Kier alpha value is -2.03. The average molecular weight is 476 g/mol. The van der Waals surface area contributed by atoms with E-state index in [0.717, 1.165) is 38.5 Å². The van der Waals surface area contributed by atoms with Crippen molar-refractivity contribution in [3.63, 3.8) is 0 Å². The highest BCUT2D eigenvalue weighted by Gasteiger charge is 2.18. The van der Waals surface area contributed by atoms with Gasteiger partial charge in [0.15, 0.2) is 0 Å². The molecule has 0 aliphatic rings. The summed E-state index contributed by atoms with van der Waals surface area (Å²) in [6.45, 7) is 6.54. The van der Waals surface area contributed by atoms with E-state index in [9.17, 15) is 0 Å². The largest absolute Gasteiger partial charge is 0.324 e. The van der Waals surface area contributed by atoms with Crippen molar-refractivity contribution in [1.82, 2.24) is 0 Å². The van der Waals surface area contributed by atoms with Crippen LogP contribution < -0.4 is 33.1 Å². The molecule has 3 nitrogen and oxygen atoms in total. The normalized spacial score (nSPS) is 15.0. The summed E-state index contributed by atoms with van der Waals surface area (Å²) in [5.41, 5.74) is 22.8. The predicted octanol–water partition coefficient (Wildman–Crippen LogP) is 5.84. The first kappa shape index (κ1) is 26.6. The van der Waals surface area contributed by atoms with Gasteiger partial charge in [-0.25, -0.2) is 0 Å². The van der Waals surface area contributed by atoms with Gasteiger partial charge in [-0.1, -0.05) is 113 Å². The van der Waals surface area contributed by atoms with Crippen molar-refractivity contribution in [3.05, 3.63) is 89.5 Å². The number of hydrogen-bond donors (Lipinski definition) is 3. The third kappa shape index (κ3) is 6.77. The summed E-state index contributed by atoms with van der Waals surface area (Å²) >= 11 is 0. The Balaban J connectivity index is 1.97. The van der Waals surface area contributed by atoms with Crippen LogP contribution in [0, 0.1) is 0 Å². The van der Waals surface area contributed by atoms with Crippen LogP contribution in [0.3, 0.4) is 0 Å². The lowest BCUT2D eigenvalue weighted by Gasteiger charge is -2.22. The zero-order chi connectivity index (χ0) is 24.5. The molecule has 3 aromatic rings. The van der Waals surface area contributed by atoms with Crippen LogP contribution in [-0.2, 0) is 0 Å². The topological polar surface area (TPSA) is 78.1 Å². The van der Waals surface area contributed by atoms with Gasteiger partial charge in [0.1, 0.15) is 0 Å². The van der Waals surface area contributed by atoms with Gasteiger partial charge < -0.3 is 17.2 Å². The lowest BCUT2D eigenvalue weighted by atomic mass is 10.0. The molecule has 0 spiro atoms. The summed E-state index contributed by atoms with van der Waals surface area (Å²) in [5, 5.41) is 4.00. The van der Waals surface area contributed by atoms with E-state index in [-0.39, 0.29) is 18.1 Å². The highest BCUT2D eigenvalue weighted by Crippen LogP contribution is 2.34. The maximum absolute atomic E-state index is 6.37. The van der Waals surface area contributed by atoms with E-state index in [0.29, 0.717) is 0 Å². The predicted molar refractivity (Wildman–Crippen MR) is 151 cm³/mol. The Kier molecular flexibility index (Phi) is 10.3. The van der Waals surface area contributed by atoms with Crippen LogP contribution in [0.4, 0.5) is 0 Å². The first-order valence-corrected chi connectivity index (χ1v) is 14.2. The van der Waals surface area contributed by atoms with Crippen molar-refractivity contribution >= 4 is 23.8 Å². The van der Waals surface area contributed by atoms with Crippen molar-refractivity contribution in [2.75, 3.05) is 0 Å². The molecule has 0 aromatic heterocycles. The molecule has 3 unspecified atom stereocenters. The first-order valence-electron chi connectivity index (χ1n) is 12.8. The molecule has 0 aliphatic heterocycles. The van der Waals surface area contributed by atoms with Gasteiger partial charge in [0.25, 0.3) is 0 Å². The number of nitrogens with two attached hydrogens (primary N) is 3. The van der Waals surface area contributed by atoms with Crippen molar-refractivity contribution in [2.45, 2.75) is 77.4 Å². The van der Waals surface area contributed by atoms with Crippen LogP contribution in [0.5, 0.6) is 0 Å². The zero-order valence-corrected chi connectivity index (χ0v) is 22.0. The van der Waals surface area contributed by atoms with E-state index in [1.54, 1.807) is 0 Å². The van der Waals surface area contributed by atoms with Crippen LogP contribution in [0.15, 0.2) is 72.8 Å². The Morgan fingerprint density at radius 1 is 0.471 bits per heavy atom. The van der Waals surface area contributed by atoms with Gasteiger partial charge in [0.2, 0.25) is 0 Å². The van der Waals surface area contributed by atoms with E-state index in [1.165, 1.54) is 32.6 Å². The van der Waals surface area contributed by atoms with Crippen molar-refractivity contribution in [3.8, 4) is 0 Å². The summed E-state index contributed by atoms with van der Waals surface area (Å²) in [4.78, 5) is 0. The fraction of sp³-hybridized carbons (Fsp3) is 0.400. The summed E-state index contributed by atoms with van der Waals surface area (Å²) in [5.74, 6) is 0. The third-order valence-corrected chi connectivity index (χ3v) is 8.98. The second kappa shape index (κ2) is 13.2. The number of rotatable bonds is 12. The first-order chi connectivity index (χ1) is 16.5. The van der Waals surface area contributed by atoms with E-state index >= 15 is 0 Å². The SMILES string of the molecule is CCCC(N)c1ccc(P(c2ccc(C(N)CCC)cc2)c2ccc(C(N)CCC)cc2)cc1. The second-order valence-corrected chi connectivity index (χ2v) is 11.5. The second-order valence-electron chi connectivity index (χ2n) is 9.30. The van der Waals surface area contributed by atoms with Crippen LogP contribution in [0.25, 0.3) is 0 Å². The quantitative estimate of drug-likeness (QED) is 0.288. The summed E-state index contributed by atoms with van der Waals surface area (Å²) in [7, 11) is -0.687. The van der Waals surface area contributed by atoms with Gasteiger partial charge in [-0.3, -0.25) is 0 Å². The molecule has 0 fully saturated rings. The minimum atomic E-state index is -0.687.